The van der Waals surface area contributed by atoms with Gasteiger partial charge in [0.15, 0.2) is 5.96 Å². The molecule has 4 nitrogen and oxygen atoms in total. The van der Waals surface area contributed by atoms with Gasteiger partial charge in [-0.3, -0.25) is 4.99 Å². The van der Waals surface area contributed by atoms with Crippen LogP contribution in [0.2, 0.25) is 0 Å². The largest absolute Gasteiger partial charge is 0.396 e. The van der Waals surface area contributed by atoms with E-state index in [0.717, 1.165) is 25.9 Å². The Morgan fingerprint density at radius 1 is 1.16 bits per heavy atom. The molecule has 0 unspecified atom stereocenters. The number of hydrogen-bond acceptors (Lipinski definition) is 2. The highest BCUT2D eigenvalue weighted by atomic mass is 127. The molecule has 1 saturated heterocycles. The quantitative estimate of drug-likeness (QED) is 0.436. The van der Waals surface area contributed by atoms with Crippen molar-refractivity contribution in [2.75, 3.05) is 26.2 Å². The van der Waals surface area contributed by atoms with Gasteiger partial charge in [0.25, 0.3) is 0 Å². The van der Waals surface area contributed by atoms with E-state index in [-0.39, 0.29) is 36.0 Å². The van der Waals surface area contributed by atoms with Gasteiger partial charge in [0, 0.05) is 18.5 Å². The number of likely N-dealkylation sites (tertiary alicyclic amines) is 1. The predicted molar refractivity (Wildman–Crippen MR) is 92.0 cm³/mol. The summed E-state index contributed by atoms with van der Waals surface area (Å²) in [5.41, 5.74) is 6.00. The fourth-order valence-corrected chi connectivity index (χ4v) is 2.40. The minimum atomic E-state index is -0.0868. The Morgan fingerprint density at radius 2 is 1.68 bits per heavy atom. The van der Waals surface area contributed by atoms with Crippen LogP contribution >= 0.6 is 24.0 Å². The van der Waals surface area contributed by atoms with Crippen molar-refractivity contribution >= 4 is 29.9 Å². The van der Waals surface area contributed by atoms with E-state index in [1.807, 2.05) is 0 Å². The molecule has 0 bridgehead atoms. The smallest absolute Gasteiger partial charge is 0.191 e. The lowest BCUT2D eigenvalue weighted by atomic mass is 9.83. The van der Waals surface area contributed by atoms with Crippen LogP contribution in [0, 0.1) is 5.41 Å². The number of aliphatic imine (C=N–C) groups is 1. The molecule has 114 valence electrons. The van der Waals surface area contributed by atoms with Crippen LogP contribution in [0.25, 0.3) is 0 Å². The molecular weight excluding hydrogens is 353 g/mol. The van der Waals surface area contributed by atoms with E-state index in [2.05, 4.69) is 23.7 Å². The first-order valence-corrected chi connectivity index (χ1v) is 7.33. The standard InChI is InChI=1S/C14H29N3O.HI/c1-3-14(4-2,12-18)11-16-13(15)17-9-7-5-6-8-10-17;/h18H,3-12H2,1-2H3,(H2,15,16);1H. The molecule has 1 aliphatic heterocycles. The third-order valence-corrected chi connectivity index (χ3v) is 4.34. The monoisotopic (exact) mass is 383 g/mol. The van der Waals surface area contributed by atoms with Crippen LogP contribution in [0.5, 0.6) is 0 Å². The summed E-state index contributed by atoms with van der Waals surface area (Å²) < 4.78 is 0. The van der Waals surface area contributed by atoms with Crippen LogP contribution in [0.3, 0.4) is 0 Å². The van der Waals surface area contributed by atoms with Crippen molar-refractivity contribution in [2.45, 2.75) is 52.4 Å². The Bertz CT molecular complexity index is 251. The summed E-state index contributed by atoms with van der Waals surface area (Å²) in [5.74, 6) is 0.664. The molecule has 0 atom stereocenters. The topological polar surface area (TPSA) is 61.9 Å². The first kappa shape index (κ1) is 19.0. The van der Waals surface area contributed by atoms with Crippen molar-refractivity contribution in [1.82, 2.24) is 4.90 Å². The Morgan fingerprint density at radius 3 is 2.11 bits per heavy atom. The summed E-state index contributed by atoms with van der Waals surface area (Å²) in [6, 6.07) is 0. The van der Waals surface area contributed by atoms with Crippen molar-refractivity contribution < 1.29 is 5.11 Å². The molecule has 0 radical (unpaired) electrons. The zero-order chi connectivity index (χ0) is 13.4. The average molecular weight is 383 g/mol. The van der Waals surface area contributed by atoms with Gasteiger partial charge in [-0.15, -0.1) is 24.0 Å². The molecule has 19 heavy (non-hydrogen) atoms. The number of rotatable bonds is 5. The number of halogens is 1. The third-order valence-electron chi connectivity index (χ3n) is 4.34. The molecule has 0 aromatic heterocycles. The normalized spacial score (nSPS) is 17.8. The SMILES string of the molecule is CCC(CC)(CO)CN=C(N)N1CCCCCC1.I. The lowest BCUT2D eigenvalue weighted by Gasteiger charge is -2.28. The molecule has 1 heterocycles. The molecule has 5 heteroatoms. The molecule has 0 amide bonds. The van der Waals surface area contributed by atoms with Gasteiger partial charge in [0.05, 0.1) is 13.2 Å². The van der Waals surface area contributed by atoms with Gasteiger partial charge >= 0.3 is 0 Å². The predicted octanol–water partition coefficient (Wildman–Crippen LogP) is 2.59. The van der Waals surface area contributed by atoms with E-state index >= 15 is 0 Å². The van der Waals surface area contributed by atoms with E-state index in [1.54, 1.807) is 0 Å². The van der Waals surface area contributed by atoms with Gasteiger partial charge < -0.3 is 15.7 Å². The van der Waals surface area contributed by atoms with Crippen molar-refractivity contribution in [3.63, 3.8) is 0 Å². The number of aliphatic hydroxyl groups excluding tert-OH is 1. The van der Waals surface area contributed by atoms with E-state index in [0.29, 0.717) is 12.5 Å². The maximum absolute atomic E-state index is 9.52. The van der Waals surface area contributed by atoms with Gasteiger partial charge in [-0.1, -0.05) is 26.7 Å². The second kappa shape index (κ2) is 9.80. The van der Waals surface area contributed by atoms with E-state index < -0.39 is 0 Å². The van der Waals surface area contributed by atoms with Gasteiger partial charge in [-0.05, 0) is 25.7 Å². The number of guanidine groups is 1. The molecule has 3 N–H and O–H groups in total. The van der Waals surface area contributed by atoms with Crippen molar-refractivity contribution in [3.05, 3.63) is 0 Å². The number of hydrogen-bond donors (Lipinski definition) is 2. The minimum absolute atomic E-state index is 0. The van der Waals surface area contributed by atoms with Crippen molar-refractivity contribution in [3.8, 4) is 0 Å². The van der Waals surface area contributed by atoms with Crippen LogP contribution in [-0.4, -0.2) is 42.2 Å². The number of nitrogens with zero attached hydrogens (tertiary/aromatic N) is 2. The Kier molecular flexibility index (Phi) is 9.78. The van der Waals surface area contributed by atoms with Crippen LogP contribution in [0.15, 0.2) is 4.99 Å². The fraction of sp³-hybridized carbons (Fsp3) is 0.929. The van der Waals surface area contributed by atoms with Crippen LogP contribution in [0.1, 0.15) is 52.4 Å². The fourth-order valence-electron chi connectivity index (χ4n) is 2.40. The highest BCUT2D eigenvalue weighted by Crippen LogP contribution is 2.25. The molecule has 1 fully saturated rings. The summed E-state index contributed by atoms with van der Waals surface area (Å²) >= 11 is 0. The van der Waals surface area contributed by atoms with Gasteiger partial charge in [0.1, 0.15) is 0 Å². The highest BCUT2D eigenvalue weighted by Gasteiger charge is 2.25. The first-order valence-electron chi connectivity index (χ1n) is 7.33. The molecule has 0 aromatic carbocycles. The molecular formula is C14H30IN3O. The van der Waals surface area contributed by atoms with E-state index in [4.69, 9.17) is 5.73 Å². The third kappa shape index (κ3) is 5.85. The van der Waals surface area contributed by atoms with Crippen molar-refractivity contribution in [2.24, 2.45) is 16.1 Å². The maximum atomic E-state index is 9.52. The summed E-state index contributed by atoms with van der Waals surface area (Å²) in [7, 11) is 0. The van der Waals surface area contributed by atoms with Crippen LogP contribution in [0.4, 0.5) is 0 Å². The van der Waals surface area contributed by atoms with Crippen LogP contribution in [-0.2, 0) is 0 Å². The molecule has 0 aliphatic carbocycles. The lowest BCUT2D eigenvalue weighted by molar-refractivity contribution is 0.123. The lowest BCUT2D eigenvalue weighted by Crippen LogP contribution is -2.39. The Balaban J connectivity index is 0.00000324. The molecule has 0 saturated carbocycles. The van der Waals surface area contributed by atoms with E-state index in [9.17, 15) is 5.11 Å². The highest BCUT2D eigenvalue weighted by molar-refractivity contribution is 14.0. The summed E-state index contributed by atoms with van der Waals surface area (Å²) in [6.07, 6.45) is 6.90. The van der Waals surface area contributed by atoms with Gasteiger partial charge in [0.2, 0.25) is 0 Å². The van der Waals surface area contributed by atoms with Gasteiger partial charge in [-0.2, -0.15) is 0 Å². The zero-order valence-corrected chi connectivity index (χ0v) is 14.7. The number of nitrogens with two attached hydrogens (primary N) is 1. The first-order chi connectivity index (χ1) is 8.67. The molecule has 1 rings (SSSR count). The zero-order valence-electron chi connectivity index (χ0n) is 12.4. The summed E-state index contributed by atoms with van der Waals surface area (Å²) in [5, 5.41) is 9.52. The molecule has 0 aromatic rings. The summed E-state index contributed by atoms with van der Waals surface area (Å²) in [6.45, 7) is 7.10. The second-order valence-electron chi connectivity index (χ2n) is 5.44. The van der Waals surface area contributed by atoms with Crippen molar-refractivity contribution in [1.29, 1.82) is 0 Å². The Labute approximate surface area is 134 Å². The second-order valence-corrected chi connectivity index (χ2v) is 5.44. The van der Waals surface area contributed by atoms with Crippen LogP contribution < -0.4 is 5.73 Å². The number of aliphatic hydroxyl groups is 1. The van der Waals surface area contributed by atoms with Gasteiger partial charge in [-0.25, -0.2) is 0 Å². The molecule has 1 aliphatic rings. The molecule has 0 spiro atoms. The maximum Gasteiger partial charge on any atom is 0.191 e. The Hall–Kier alpha value is -0.0400. The summed E-state index contributed by atoms with van der Waals surface area (Å²) in [4.78, 5) is 6.73. The van der Waals surface area contributed by atoms with E-state index in [1.165, 1.54) is 25.7 Å². The average Bonchev–Trinajstić information content (AvgIpc) is 2.69. The minimum Gasteiger partial charge on any atom is -0.396 e.